The third-order valence-electron chi connectivity index (χ3n) is 6.17. The maximum absolute atomic E-state index is 12.4. The van der Waals surface area contributed by atoms with E-state index in [4.69, 9.17) is 0 Å². The molecule has 0 aliphatic heterocycles. The minimum absolute atomic E-state index is 0.0552. The molecule has 186 valence electrons. The van der Waals surface area contributed by atoms with Crippen molar-refractivity contribution in [2.45, 2.75) is 12.8 Å². The van der Waals surface area contributed by atoms with Gasteiger partial charge in [0.2, 0.25) is 11.8 Å². The molecule has 2 aromatic heterocycles. The second kappa shape index (κ2) is 10.5. The maximum atomic E-state index is 12.4. The Morgan fingerprint density at radius 2 is 1.00 bits per heavy atom. The Labute approximate surface area is 227 Å². The number of aromatic nitrogens is 2. The molecule has 0 aliphatic carbocycles. The van der Waals surface area contributed by atoms with Crippen molar-refractivity contribution in [2.24, 2.45) is 0 Å². The summed E-state index contributed by atoms with van der Waals surface area (Å²) in [6.45, 7) is 0. The van der Waals surface area contributed by atoms with E-state index in [2.05, 4.69) is 69.1 Å². The Morgan fingerprint density at radius 1 is 0.579 bits per heavy atom. The van der Waals surface area contributed by atoms with Crippen LogP contribution < -0.4 is 10.6 Å². The van der Waals surface area contributed by atoms with Gasteiger partial charge in [-0.25, -0.2) is 9.97 Å². The lowest BCUT2D eigenvalue weighted by atomic mass is 10.1. The van der Waals surface area contributed by atoms with Gasteiger partial charge in [0.25, 0.3) is 0 Å². The quantitative estimate of drug-likeness (QED) is 0.221. The topological polar surface area (TPSA) is 84.0 Å². The molecule has 2 amide bonds. The SMILES string of the molecule is O=C(CCC(=O)Nc1nc(-c2ccc3ccccc3c2)cs1)Nc1nc(-c2ccc3ccccc3c2)cs1. The summed E-state index contributed by atoms with van der Waals surface area (Å²) in [5.41, 5.74) is 3.59. The number of hydrogen-bond donors (Lipinski definition) is 2. The largest absolute Gasteiger partial charge is 0.302 e. The van der Waals surface area contributed by atoms with Crippen molar-refractivity contribution in [3.8, 4) is 22.5 Å². The summed E-state index contributed by atoms with van der Waals surface area (Å²) < 4.78 is 0. The summed E-state index contributed by atoms with van der Waals surface area (Å²) in [6, 6.07) is 28.7. The highest BCUT2D eigenvalue weighted by atomic mass is 32.1. The van der Waals surface area contributed by atoms with Crippen molar-refractivity contribution >= 4 is 66.3 Å². The van der Waals surface area contributed by atoms with Gasteiger partial charge in [0.15, 0.2) is 10.3 Å². The van der Waals surface area contributed by atoms with Gasteiger partial charge < -0.3 is 10.6 Å². The number of carbonyl (C=O) groups is 2. The van der Waals surface area contributed by atoms with Crippen LogP contribution in [-0.4, -0.2) is 21.8 Å². The predicted molar refractivity (Wildman–Crippen MR) is 157 cm³/mol. The van der Waals surface area contributed by atoms with Gasteiger partial charge in [0.05, 0.1) is 11.4 Å². The summed E-state index contributed by atoms with van der Waals surface area (Å²) >= 11 is 2.73. The Balaban J connectivity index is 1.02. The molecular formula is C30H22N4O2S2. The zero-order valence-electron chi connectivity index (χ0n) is 20.2. The maximum Gasteiger partial charge on any atom is 0.226 e. The summed E-state index contributed by atoms with van der Waals surface area (Å²) in [6.07, 6.45) is 0.110. The van der Waals surface area contributed by atoms with Crippen LogP contribution in [-0.2, 0) is 9.59 Å². The van der Waals surface area contributed by atoms with Gasteiger partial charge in [-0.2, -0.15) is 0 Å². The molecule has 38 heavy (non-hydrogen) atoms. The van der Waals surface area contributed by atoms with Crippen molar-refractivity contribution in [1.82, 2.24) is 9.97 Å². The van der Waals surface area contributed by atoms with Crippen LogP contribution in [0.25, 0.3) is 44.1 Å². The van der Waals surface area contributed by atoms with Gasteiger partial charge in [-0.3, -0.25) is 9.59 Å². The summed E-state index contributed by atoms with van der Waals surface area (Å²) in [7, 11) is 0. The molecule has 6 aromatic rings. The van der Waals surface area contributed by atoms with Crippen LogP contribution in [0.5, 0.6) is 0 Å². The zero-order valence-corrected chi connectivity index (χ0v) is 21.8. The molecule has 0 spiro atoms. The van der Waals surface area contributed by atoms with E-state index in [0.717, 1.165) is 33.3 Å². The van der Waals surface area contributed by atoms with E-state index in [1.807, 2.05) is 47.2 Å². The zero-order chi connectivity index (χ0) is 25.9. The Hall–Kier alpha value is -4.40. The van der Waals surface area contributed by atoms with Crippen LogP contribution in [0.2, 0.25) is 0 Å². The third kappa shape index (κ3) is 5.32. The number of carbonyl (C=O) groups excluding carboxylic acids is 2. The number of nitrogens with one attached hydrogen (secondary N) is 2. The molecule has 0 radical (unpaired) electrons. The molecule has 6 rings (SSSR count). The number of anilines is 2. The van der Waals surface area contributed by atoms with E-state index in [9.17, 15) is 9.59 Å². The summed E-state index contributed by atoms with van der Waals surface area (Å²) in [4.78, 5) is 34.0. The van der Waals surface area contributed by atoms with E-state index in [1.165, 1.54) is 33.4 Å². The minimum Gasteiger partial charge on any atom is -0.302 e. The normalized spacial score (nSPS) is 11.1. The van der Waals surface area contributed by atoms with Crippen LogP contribution in [0, 0.1) is 0 Å². The van der Waals surface area contributed by atoms with Crippen molar-refractivity contribution in [2.75, 3.05) is 10.6 Å². The molecule has 0 saturated carbocycles. The van der Waals surface area contributed by atoms with E-state index >= 15 is 0 Å². The molecular weight excluding hydrogens is 512 g/mol. The summed E-state index contributed by atoms with van der Waals surface area (Å²) in [5, 5.41) is 15.1. The first-order chi connectivity index (χ1) is 18.6. The molecule has 0 atom stereocenters. The van der Waals surface area contributed by atoms with E-state index in [0.29, 0.717) is 10.3 Å². The van der Waals surface area contributed by atoms with Gasteiger partial charge >= 0.3 is 0 Å². The second-order valence-electron chi connectivity index (χ2n) is 8.80. The van der Waals surface area contributed by atoms with Gasteiger partial charge in [-0.1, -0.05) is 72.8 Å². The lowest BCUT2D eigenvalue weighted by Gasteiger charge is -2.03. The lowest BCUT2D eigenvalue weighted by molar-refractivity contribution is -0.121. The number of hydrogen-bond acceptors (Lipinski definition) is 6. The smallest absolute Gasteiger partial charge is 0.226 e. The van der Waals surface area contributed by atoms with Crippen molar-refractivity contribution in [3.05, 3.63) is 95.7 Å². The monoisotopic (exact) mass is 534 g/mol. The van der Waals surface area contributed by atoms with E-state index < -0.39 is 0 Å². The molecule has 2 heterocycles. The summed E-state index contributed by atoms with van der Waals surface area (Å²) in [5.74, 6) is -0.508. The van der Waals surface area contributed by atoms with Crippen LogP contribution in [0.1, 0.15) is 12.8 Å². The second-order valence-corrected chi connectivity index (χ2v) is 10.5. The predicted octanol–water partition coefficient (Wildman–Crippen LogP) is 7.60. The molecule has 0 fully saturated rings. The highest BCUT2D eigenvalue weighted by Gasteiger charge is 2.13. The van der Waals surface area contributed by atoms with Crippen LogP contribution >= 0.6 is 22.7 Å². The number of nitrogens with zero attached hydrogens (tertiary/aromatic N) is 2. The Kier molecular flexibility index (Phi) is 6.64. The highest BCUT2D eigenvalue weighted by molar-refractivity contribution is 7.14. The fourth-order valence-electron chi connectivity index (χ4n) is 4.22. The first-order valence-electron chi connectivity index (χ1n) is 12.1. The fourth-order valence-corrected chi connectivity index (χ4v) is 5.69. The lowest BCUT2D eigenvalue weighted by Crippen LogP contribution is -2.17. The van der Waals surface area contributed by atoms with Crippen LogP contribution in [0.3, 0.4) is 0 Å². The first-order valence-corrected chi connectivity index (χ1v) is 13.9. The molecule has 0 saturated heterocycles. The molecule has 8 heteroatoms. The standard InChI is InChI=1S/C30H22N4O2S2/c35-27(33-29-31-25(17-37-29)23-11-9-19-5-1-3-7-21(19)15-23)13-14-28(36)34-30-32-26(18-38-30)24-12-10-20-6-2-4-8-22(20)16-24/h1-12,15-18H,13-14H2,(H,31,33,35)(H,32,34,36). The van der Waals surface area contributed by atoms with E-state index in [1.54, 1.807) is 0 Å². The van der Waals surface area contributed by atoms with Gasteiger partial charge in [0.1, 0.15) is 0 Å². The molecule has 4 aromatic carbocycles. The first kappa shape index (κ1) is 24.0. The Morgan fingerprint density at radius 3 is 1.45 bits per heavy atom. The number of amides is 2. The molecule has 0 bridgehead atoms. The van der Waals surface area contributed by atoms with Crippen molar-refractivity contribution in [1.29, 1.82) is 0 Å². The van der Waals surface area contributed by atoms with Crippen molar-refractivity contribution in [3.63, 3.8) is 0 Å². The molecule has 0 aliphatic rings. The third-order valence-corrected chi connectivity index (χ3v) is 7.69. The number of thiazole rings is 2. The van der Waals surface area contributed by atoms with Gasteiger partial charge in [-0.15, -0.1) is 22.7 Å². The van der Waals surface area contributed by atoms with Crippen LogP contribution in [0.15, 0.2) is 95.7 Å². The van der Waals surface area contributed by atoms with Crippen molar-refractivity contribution < 1.29 is 9.59 Å². The van der Waals surface area contributed by atoms with Gasteiger partial charge in [0, 0.05) is 34.7 Å². The molecule has 2 N–H and O–H groups in total. The molecule has 6 nitrogen and oxygen atoms in total. The number of fused-ring (bicyclic) bond motifs is 2. The van der Waals surface area contributed by atoms with E-state index in [-0.39, 0.29) is 24.7 Å². The average molecular weight is 535 g/mol. The number of rotatable bonds is 7. The highest BCUT2D eigenvalue weighted by Crippen LogP contribution is 2.29. The minimum atomic E-state index is -0.254. The Bertz CT molecular complexity index is 1660. The van der Waals surface area contributed by atoms with Gasteiger partial charge in [-0.05, 0) is 33.7 Å². The molecule has 0 unspecified atom stereocenters. The van der Waals surface area contributed by atoms with Crippen LogP contribution in [0.4, 0.5) is 10.3 Å². The number of benzene rings is 4. The fraction of sp³-hybridized carbons (Fsp3) is 0.0667. The average Bonchev–Trinajstić information content (AvgIpc) is 3.61.